The van der Waals surface area contributed by atoms with Crippen LogP contribution >= 0.6 is 0 Å². The summed E-state index contributed by atoms with van der Waals surface area (Å²) in [5.41, 5.74) is -0.548. The molecule has 0 amide bonds. The van der Waals surface area contributed by atoms with Gasteiger partial charge in [0.25, 0.3) is 0 Å². The molecule has 2 N–H and O–H groups in total. The van der Waals surface area contributed by atoms with E-state index in [1.165, 1.54) is 19.3 Å². The Bertz CT molecular complexity index is 613. The second-order valence-electron chi connectivity index (χ2n) is 10.4. The van der Waals surface area contributed by atoms with E-state index in [-0.39, 0.29) is 12.0 Å². The molecule has 146 valence electrons. The van der Waals surface area contributed by atoms with Gasteiger partial charge in [0.05, 0.1) is 12.2 Å². The maximum atomic E-state index is 12.2. The Kier molecular flexibility index (Phi) is 4.43. The number of hydrogen-bond acceptors (Lipinski definition) is 3. The van der Waals surface area contributed by atoms with Crippen LogP contribution in [0.5, 0.6) is 0 Å². The van der Waals surface area contributed by atoms with E-state index in [1.54, 1.807) is 6.08 Å². The molecule has 3 nitrogen and oxygen atoms in total. The van der Waals surface area contributed by atoms with E-state index in [0.717, 1.165) is 32.1 Å². The van der Waals surface area contributed by atoms with Crippen molar-refractivity contribution in [2.75, 3.05) is 6.61 Å². The monoisotopic (exact) mass is 360 g/mol. The number of carbonyl (C=O) groups is 1. The van der Waals surface area contributed by atoms with Crippen LogP contribution in [0.1, 0.15) is 72.1 Å². The third-order valence-electron chi connectivity index (χ3n) is 9.75. The van der Waals surface area contributed by atoms with Crippen LogP contribution in [-0.4, -0.2) is 28.2 Å². The molecule has 0 aliphatic heterocycles. The SMILES string of the molecule is C[C@H]1CC(=O)C[C@@H]2CC[C@@H]3[C@H](CC[C@@]4(C)[C@H]3CC[C@@]4(O)C=CCO)[C@]21C. The van der Waals surface area contributed by atoms with Crippen molar-refractivity contribution in [1.29, 1.82) is 0 Å². The van der Waals surface area contributed by atoms with Crippen LogP contribution in [0.25, 0.3) is 0 Å². The number of rotatable bonds is 2. The molecule has 0 bridgehead atoms. The normalized spacial score (nSPS) is 54.0. The number of hydrogen-bond donors (Lipinski definition) is 2. The molecule has 26 heavy (non-hydrogen) atoms. The Labute approximate surface area is 158 Å². The summed E-state index contributed by atoms with van der Waals surface area (Å²) in [4.78, 5) is 12.2. The van der Waals surface area contributed by atoms with E-state index >= 15 is 0 Å². The zero-order valence-corrected chi connectivity index (χ0v) is 16.7. The van der Waals surface area contributed by atoms with Crippen molar-refractivity contribution < 1.29 is 15.0 Å². The largest absolute Gasteiger partial charge is 0.392 e. The highest BCUT2D eigenvalue weighted by Crippen LogP contribution is 2.69. The van der Waals surface area contributed by atoms with E-state index in [0.29, 0.717) is 40.8 Å². The first-order valence-electron chi connectivity index (χ1n) is 10.8. The minimum atomic E-state index is -0.767. The van der Waals surface area contributed by atoms with E-state index in [4.69, 9.17) is 0 Å². The minimum Gasteiger partial charge on any atom is -0.392 e. The molecule has 4 aliphatic carbocycles. The van der Waals surface area contributed by atoms with Gasteiger partial charge in [0, 0.05) is 18.3 Å². The van der Waals surface area contributed by atoms with Gasteiger partial charge in [-0.25, -0.2) is 0 Å². The zero-order valence-electron chi connectivity index (χ0n) is 16.7. The van der Waals surface area contributed by atoms with Gasteiger partial charge in [-0.2, -0.15) is 0 Å². The maximum Gasteiger partial charge on any atom is 0.133 e. The summed E-state index contributed by atoms with van der Waals surface area (Å²) in [7, 11) is 0. The van der Waals surface area contributed by atoms with Crippen LogP contribution in [0.15, 0.2) is 12.2 Å². The van der Waals surface area contributed by atoms with Gasteiger partial charge in [-0.3, -0.25) is 4.79 Å². The molecule has 0 saturated heterocycles. The first-order valence-corrected chi connectivity index (χ1v) is 10.8. The number of carbonyl (C=O) groups excluding carboxylic acids is 1. The Morgan fingerprint density at radius 3 is 2.54 bits per heavy atom. The van der Waals surface area contributed by atoms with Crippen LogP contribution in [0.2, 0.25) is 0 Å². The van der Waals surface area contributed by atoms with Crippen molar-refractivity contribution in [3.63, 3.8) is 0 Å². The molecule has 0 heterocycles. The Hall–Kier alpha value is -0.670. The summed E-state index contributed by atoms with van der Waals surface area (Å²) in [6.45, 7) is 7.10. The topological polar surface area (TPSA) is 57.5 Å². The van der Waals surface area contributed by atoms with Crippen LogP contribution in [0, 0.1) is 40.4 Å². The molecule has 0 aromatic heterocycles. The lowest BCUT2D eigenvalue weighted by Gasteiger charge is -2.62. The van der Waals surface area contributed by atoms with Crippen molar-refractivity contribution in [3.8, 4) is 0 Å². The summed E-state index contributed by atoms with van der Waals surface area (Å²) < 4.78 is 0. The molecule has 0 radical (unpaired) electrons. The summed E-state index contributed by atoms with van der Waals surface area (Å²) in [5, 5.41) is 20.6. The van der Waals surface area contributed by atoms with Crippen LogP contribution < -0.4 is 0 Å². The molecular weight excluding hydrogens is 324 g/mol. The highest BCUT2D eigenvalue weighted by Gasteiger charge is 2.64. The lowest BCUT2D eigenvalue weighted by atomic mass is 9.42. The first kappa shape index (κ1) is 18.7. The van der Waals surface area contributed by atoms with Gasteiger partial charge in [0.2, 0.25) is 0 Å². The van der Waals surface area contributed by atoms with Crippen LogP contribution in [0.4, 0.5) is 0 Å². The number of Topliss-reactive ketones (excluding diaryl/α,β-unsaturated/α-hetero) is 1. The van der Waals surface area contributed by atoms with Gasteiger partial charge in [-0.15, -0.1) is 0 Å². The molecule has 0 aromatic rings. The van der Waals surface area contributed by atoms with E-state index in [2.05, 4.69) is 20.8 Å². The van der Waals surface area contributed by atoms with Gasteiger partial charge >= 0.3 is 0 Å². The van der Waals surface area contributed by atoms with Gasteiger partial charge < -0.3 is 10.2 Å². The molecule has 0 spiro atoms. The van der Waals surface area contributed by atoms with Crippen molar-refractivity contribution in [2.24, 2.45) is 40.4 Å². The molecule has 4 rings (SSSR count). The number of aliphatic hydroxyl groups is 2. The van der Waals surface area contributed by atoms with Gasteiger partial charge in [-0.1, -0.05) is 32.9 Å². The van der Waals surface area contributed by atoms with Gasteiger partial charge in [0.15, 0.2) is 0 Å². The maximum absolute atomic E-state index is 12.2. The first-order chi connectivity index (χ1) is 12.3. The minimum absolute atomic E-state index is 0.000401. The fourth-order valence-electron chi connectivity index (χ4n) is 8.05. The Balaban J connectivity index is 1.65. The highest BCUT2D eigenvalue weighted by molar-refractivity contribution is 5.80. The molecule has 4 fully saturated rings. The smallest absolute Gasteiger partial charge is 0.133 e. The van der Waals surface area contributed by atoms with Gasteiger partial charge in [0.1, 0.15) is 5.78 Å². The fraction of sp³-hybridized carbons (Fsp3) is 0.870. The van der Waals surface area contributed by atoms with Crippen LogP contribution in [0.3, 0.4) is 0 Å². The quantitative estimate of drug-likeness (QED) is 0.728. The third-order valence-corrected chi connectivity index (χ3v) is 9.75. The lowest BCUT2D eigenvalue weighted by Crippen LogP contribution is -2.58. The van der Waals surface area contributed by atoms with Crippen molar-refractivity contribution in [2.45, 2.75) is 77.7 Å². The number of aliphatic hydroxyl groups excluding tert-OH is 1. The van der Waals surface area contributed by atoms with Gasteiger partial charge in [-0.05, 0) is 73.5 Å². The van der Waals surface area contributed by atoms with Crippen molar-refractivity contribution >= 4 is 5.78 Å². The summed E-state index contributed by atoms with van der Waals surface area (Å²) in [6.07, 6.45) is 11.8. The predicted octanol–water partition coefficient (Wildman–Crippen LogP) is 4.12. The average Bonchev–Trinajstić information content (AvgIpc) is 2.86. The molecule has 0 aromatic carbocycles. The Morgan fingerprint density at radius 2 is 1.81 bits per heavy atom. The second kappa shape index (κ2) is 6.17. The van der Waals surface area contributed by atoms with Crippen molar-refractivity contribution in [3.05, 3.63) is 12.2 Å². The molecule has 4 aliphatic rings. The van der Waals surface area contributed by atoms with E-state index in [1.807, 2.05) is 6.08 Å². The lowest BCUT2D eigenvalue weighted by molar-refractivity contribution is -0.161. The number of fused-ring (bicyclic) bond motifs is 5. The summed E-state index contributed by atoms with van der Waals surface area (Å²) >= 11 is 0. The Morgan fingerprint density at radius 1 is 1.08 bits per heavy atom. The predicted molar refractivity (Wildman–Crippen MR) is 102 cm³/mol. The fourth-order valence-corrected chi connectivity index (χ4v) is 8.05. The zero-order chi connectivity index (χ0) is 18.7. The molecule has 8 atom stereocenters. The molecular formula is C23H36O3. The molecule has 3 heteroatoms. The van der Waals surface area contributed by atoms with Crippen LogP contribution in [-0.2, 0) is 4.79 Å². The van der Waals surface area contributed by atoms with Crippen molar-refractivity contribution in [1.82, 2.24) is 0 Å². The molecule has 4 saturated carbocycles. The average molecular weight is 361 g/mol. The molecule has 0 unspecified atom stereocenters. The van der Waals surface area contributed by atoms with E-state index < -0.39 is 5.60 Å². The highest BCUT2D eigenvalue weighted by atomic mass is 16.3. The number of ketones is 1. The summed E-state index contributed by atoms with van der Waals surface area (Å²) in [5.74, 6) is 3.48. The third kappa shape index (κ3) is 2.35. The standard InChI is InChI=1S/C23H36O3/c1-15-13-17(25)14-16-5-6-18-19-8-11-23(26,9-4-12-24)21(19,2)10-7-20(18)22(15,16)3/h4,9,15-16,18-20,24,26H,5-8,10-14H2,1-3H3/t15-,16-,18-,19-,20-,21-,22-,23-/m0/s1. The van der Waals surface area contributed by atoms with E-state index in [9.17, 15) is 15.0 Å². The summed E-state index contributed by atoms with van der Waals surface area (Å²) in [6, 6.07) is 0. The second-order valence-corrected chi connectivity index (χ2v) is 10.4.